The number of likely N-dealkylation sites (tertiary alicyclic amines) is 1. The number of fused-ring (bicyclic) bond motifs is 1. The minimum Gasteiger partial charge on any atom is -0.507 e. The highest BCUT2D eigenvalue weighted by molar-refractivity contribution is 6.46. The number of carbonyl (C=O) groups is 2. The number of ether oxygens (including phenoxy) is 1. The molecule has 0 spiro atoms. The van der Waals surface area contributed by atoms with Gasteiger partial charge in [-0.05, 0) is 50.0 Å². The van der Waals surface area contributed by atoms with Crippen LogP contribution in [-0.2, 0) is 9.59 Å². The number of pyridine rings is 1. The van der Waals surface area contributed by atoms with Gasteiger partial charge >= 0.3 is 0 Å². The average Bonchev–Trinajstić information content (AvgIpc) is 3.02. The largest absolute Gasteiger partial charge is 0.507 e. The zero-order valence-electron chi connectivity index (χ0n) is 17.9. The molecule has 2 aliphatic rings. The lowest BCUT2D eigenvalue weighted by Crippen LogP contribution is -2.35. The number of likely N-dealkylation sites (N-methyl/N-ethyl adjacent to an activating group) is 2. The molecule has 8 nitrogen and oxygen atoms in total. The molecular weight excluding hydrogens is 396 g/mol. The third-order valence-corrected chi connectivity index (χ3v) is 5.68. The third kappa shape index (κ3) is 3.86. The summed E-state index contributed by atoms with van der Waals surface area (Å²) in [5, 5.41) is 11.2. The molecular formula is C23H26N4O4. The second-order valence-corrected chi connectivity index (χ2v) is 8.03. The van der Waals surface area contributed by atoms with Gasteiger partial charge in [0.05, 0.1) is 23.8 Å². The fourth-order valence-corrected chi connectivity index (χ4v) is 3.96. The van der Waals surface area contributed by atoms with Crippen LogP contribution in [0.2, 0.25) is 0 Å². The van der Waals surface area contributed by atoms with Crippen molar-refractivity contribution in [3.05, 3.63) is 59.4 Å². The molecule has 0 radical (unpaired) electrons. The highest BCUT2D eigenvalue weighted by Gasteiger charge is 2.46. The number of hydrogen-bond acceptors (Lipinski definition) is 7. The van der Waals surface area contributed by atoms with Crippen LogP contribution in [0.25, 0.3) is 5.76 Å². The van der Waals surface area contributed by atoms with Gasteiger partial charge in [-0.25, -0.2) is 0 Å². The molecule has 0 aliphatic carbocycles. The molecule has 31 heavy (non-hydrogen) atoms. The first kappa shape index (κ1) is 20.9. The number of nitrogens with zero attached hydrogens (tertiary/aromatic N) is 4. The molecule has 1 saturated heterocycles. The van der Waals surface area contributed by atoms with Gasteiger partial charge in [-0.3, -0.25) is 14.6 Å². The van der Waals surface area contributed by atoms with Gasteiger partial charge in [0.1, 0.15) is 18.1 Å². The van der Waals surface area contributed by atoms with Crippen LogP contribution in [0.1, 0.15) is 17.2 Å². The normalized spacial score (nSPS) is 20.2. The van der Waals surface area contributed by atoms with Crippen molar-refractivity contribution in [1.29, 1.82) is 0 Å². The van der Waals surface area contributed by atoms with Gasteiger partial charge in [0, 0.05) is 38.1 Å². The number of anilines is 1. The quantitative estimate of drug-likeness (QED) is 0.447. The lowest BCUT2D eigenvalue weighted by Gasteiger charge is -2.28. The second kappa shape index (κ2) is 8.39. The Hall–Kier alpha value is -3.39. The fraction of sp³-hybridized carbons (Fsp3) is 0.348. The zero-order chi connectivity index (χ0) is 22.1. The van der Waals surface area contributed by atoms with Crippen LogP contribution in [0.4, 0.5) is 5.69 Å². The molecule has 162 valence electrons. The number of Topliss-reactive ketones (excluding diaryl/α,β-unsaturated/α-hetero) is 1. The van der Waals surface area contributed by atoms with Gasteiger partial charge < -0.3 is 24.5 Å². The van der Waals surface area contributed by atoms with E-state index in [1.807, 2.05) is 30.9 Å². The maximum Gasteiger partial charge on any atom is 0.295 e. The molecule has 1 atom stereocenters. The van der Waals surface area contributed by atoms with Crippen molar-refractivity contribution in [1.82, 2.24) is 14.8 Å². The molecule has 4 rings (SSSR count). The minimum atomic E-state index is -0.680. The maximum atomic E-state index is 13.0. The van der Waals surface area contributed by atoms with Crippen molar-refractivity contribution < 1.29 is 19.4 Å². The molecule has 1 unspecified atom stereocenters. The monoisotopic (exact) mass is 422 g/mol. The van der Waals surface area contributed by atoms with Crippen molar-refractivity contribution in [2.75, 3.05) is 52.3 Å². The molecule has 1 aromatic heterocycles. The number of aliphatic hydroxyl groups excluding tert-OH is 1. The predicted molar refractivity (Wildman–Crippen MR) is 117 cm³/mol. The summed E-state index contributed by atoms with van der Waals surface area (Å²) >= 11 is 0. The van der Waals surface area contributed by atoms with Gasteiger partial charge in [0.2, 0.25) is 0 Å². The number of benzene rings is 1. The molecule has 2 aliphatic heterocycles. The molecule has 2 aromatic rings. The molecule has 1 fully saturated rings. The summed E-state index contributed by atoms with van der Waals surface area (Å²) in [6, 6.07) is 8.14. The van der Waals surface area contributed by atoms with Crippen molar-refractivity contribution in [2.24, 2.45) is 0 Å². The summed E-state index contributed by atoms with van der Waals surface area (Å²) in [5.74, 6) is -0.749. The highest BCUT2D eigenvalue weighted by Crippen LogP contribution is 2.40. The highest BCUT2D eigenvalue weighted by atomic mass is 16.5. The lowest BCUT2D eigenvalue weighted by atomic mass is 9.95. The van der Waals surface area contributed by atoms with E-state index in [1.54, 1.807) is 42.7 Å². The number of aliphatic hydroxyl groups is 1. The first-order chi connectivity index (χ1) is 14.9. The van der Waals surface area contributed by atoms with E-state index in [9.17, 15) is 14.7 Å². The standard InChI is InChI=1S/C23H26N4O4/c1-25(2)10-11-27-20(15-6-8-24-9-7-15)19(22(29)23(27)30)21(28)16-4-5-18-17(14-16)26(3)12-13-31-18/h4-9,14,20,28H,10-13H2,1-3H3/b21-19-. The van der Waals surface area contributed by atoms with Crippen molar-refractivity contribution in [2.45, 2.75) is 6.04 Å². The summed E-state index contributed by atoms with van der Waals surface area (Å²) in [5.41, 5.74) is 2.13. The number of rotatable bonds is 5. The Kier molecular flexibility index (Phi) is 5.65. The van der Waals surface area contributed by atoms with E-state index in [4.69, 9.17) is 4.74 Å². The summed E-state index contributed by atoms with van der Waals surface area (Å²) in [6.45, 7) is 2.27. The topological polar surface area (TPSA) is 86.2 Å². The summed E-state index contributed by atoms with van der Waals surface area (Å²) in [7, 11) is 5.76. The van der Waals surface area contributed by atoms with Gasteiger partial charge in [-0.1, -0.05) is 0 Å². The number of amides is 1. The first-order valence-electron chi connectivity index (χ1n) is 10.2. The first-order valence-corrected chi connectivity index (χ1v) is 10.2. The van der Waals surface area contributed by atoms with Crippen LogP contribution in [0.15, 0.2) is 48.3 Å². The molecule has 8 heteroatoms. The number of ketones is 1. The molecule has 1 N–H and O–H groups in total. The van der Waals surface area contributed by atoms with Crippen molar-refractivity contribution in [3.8, 4) is 5.75 Å². The third-order valence-electron chi connectivity index (χ3n) is 5.68. The molecule has 3 heterocycles. The predicted octanol–water partition coefficient (Wildman–Crippen LogP) is 1.89. The number of aromatic nitrogens is 1. The van der Waals surface area contributed by atoms with E-state index in [0.717, 1.165) is 23.5 Å². The van der Waals surface area contributed by atoms with E-state index in [1.165, 1.54) is 4.90 Å². The molecule has 0 bridgehead atoms. The van der Waals surface area contributed by atoms with E-state index in [-0.39, 0.29) is 11.3 Å². The summed E-state index contributed by atoms with van der Waals surface area (Å²) in [4.78, 5) is 35.5. The second-order valence-electron chi connectivity index (χ2n) is 8.03. The Morgan fingerprint density at radius 2 is 1.97 bits per heavy atom. The average molecular weight is 422 g/mol. The summed E-state index contributed by atoms with van der Waals surface area (Å²) < 4.78 is 5.67. The van der Waals surface area contributed by atoms with E-state index < -0.39 is 17.7 Å². The van der Waals surface area contributed by atoms with Crippen molar-refractivity contribution >= 4 is 23.1 Å². The van der Waals surface area contributed by atoms with Crippen LogP contribution >= 0.6 is 0 Å². The molecule has 1 aromatic carbocycles. The SMILES string of the molecule is CN(C)CCN1C(=O)C(=O)/C(=C(\O)c2ccc3c(c2)N(C)CCO3)C1c1ccncc1. The maximum absolute atomic E-state index is 13.0. The number of carbonyl (C=O) groups excluding carboxylic acids is 2. The van der Waals surface area contributed by atoms with Crippen LogP contribution in [0.5, 0.6) is 5.75 Å². The van der Waals surface area contributed by atoms with E-state index in [0.29, 0.717) is 25.3 Å². The lowest BCUT2D eigenvalue weighted by molar-refractivity contribution is -0.140. The summed E-state index contributed by atoms with van der Waals surface area (Å²) in [6.07, 6.45) is 3.24. The Morgan fingerprint density at radius 3 is 2.68 bits per heavy atom. The number of hydrogen-bond donors (Lipinski definition) is 1. The Balaban J connectivity index is 1.82. The van der Waals surface area contributed by atoms with Gasteiger partial charge in [0.15, 0.2) is 0 Å². The minimum absolute atomic E-state index is 0.0919. The fourth-order valence-electron chi connectivity index (χ4n) is 3.96. The Bertz CT molecular complexity index is 1040. The molecule has 1 amide bonds. The van der Waals surface area contributed by atoms with E-state index in [2.05, 4.69) is 4.98 Å². The van der Waals surface area contributed by atoms with Crippen LogP contribution in [0, 0.1) is 0 Å². The van der Waals surface area contributed by atoms with Crippen LogP contribution in [-0.4, -0.2) is 79.0 Å². The molecule has 0 saturated carbocycles. The van der Waals surface area contributed by atoms with Gasteiger partial charge in [-0.15, -0.1) is 0 Å². The van der Waals surface area contributed by atoms with Crippen LogP contribution in [0.3, 0.4) is 0 Å². The Labute approximate surface area is 181 Å². The van der Waals surface area contributed by atoms with E-state index >= 15 is 0 Å². The van der Waals surface area contributed by atoms with Crippen LogP contribution < -0.4 is 9.64 Å². The zero-order valence-corrected chi connectivity index (χ0v) is 17.9. The Morgan fingerprint density at radius 1 is 1.23 bits per heavy atom. The van der Waals surface area contributed by atoms with Gasteiger partial charge in [0.25, 0.3) is 11.7 Å². The van der Waals surface area contributed by atoms with Crippen molar-refractivity contribution in [3.63, 3.8) is 0 Å². The smallest absolute Gasteiger partial charge is 0.295 e. The van der Waals surface area contributed by atoms with Gasteiger partial charge in [-0.2, -0.15) is 0 Å².